The number of likely N-dealkylation sites (N-methyl/N-ethyl adjacent to an activating group) is 1. The highest BCUT2D eigenvalue weighted by Gasteiger charge is 2.45. The van der Waals surface area contributed by atoms with Crippen molar-refractivity contribution in [3.05, 3.63) is 35.9 Å². The van der Waals surface area contributed by atoms with Crippen molar-refractivity contribution in [3.8, 4) is 0 Å². The molecule has 1 spiro atoms. The Morgan fingerprint density at radius 2 is 1.85 bits per heavy atom. The number of rotatable bonds is 4. The van der Waals surface area contributed by atoms with E-state index in [9.17, 15) is 4.79 Å². The Balaban J connectivity index is 1.46. The summed E-state index contributed by atoms with van der Waals surface area (Å²) >= 11 is 0. The third-order valence-electron chi connectivity index (χ3n) is 6.64. The molecule has 1 amide bonds. The molecule has 1 saturated carbocycles. The molecule has 4 nitrogen and oxygen atoms in total. The second-order valence-electron chi connectivity index (χ2n) is 9.09. The molecule has 2 saturated heterocycles. The zero-order chi connectivity index (χ0) is 18.1. The molecular weight excluding hydrogens is 322 g/mol. The molecule has 0 radical (unpaired) electrons. The van der Waals surface area contributed by atoms with Crippen molar-refractivity contribution in [1.29, 1.82) is 0 Å². The van der Waals surface area contributed by atoms with Crippen molar-refractivity contribution in [2.45, 2.75) is 44.1 Å². The number of likely N-dealkylation sites (tertiary alicyclic amines) is 2. The van der Waals surface area contributed by atoms with Crippen molar-refractivity contribution in [2.75, 3.05) is 46.8 Å². The van der Waals surface area contributed by atoms with E-state index in [1.54, 1.807) is 0 Å². The van der Waals surface area contributed by atoms with E-state index < -0.39 is 0 Å². The van der Waals surface area contributed by atoms with E-state index in [0.717, 1.165) is 19.1 Å². The van der Waals surface area contributed by atoms with Gasteiger partial charge in [-0.1, -0.05) is 30.3 Å². The molecule has 0 N–H and O–H groups in total. The van der Waals surface area contributed by atoms with Crippen molar-refractivity contribution in [3.63, 3.8) is 0 Å². The molecule has 3 aliphatic rings. The van der Waals surface area contributed by atoms with Gasteiger partial charge in [0.1, 0.15) is 0 Å². The van der Waals surface area contributed by atoms with Gasteiger partial charge in [-0.05, 0) is 63.1 Å². The van der Waals surface area contributed by atoms with Gasteiger partial charge in [0.15, 0.2) is 0 Å². The smallest absolute Gasteiger partial charge is 0.236 e. The van der Waals surface area contributed by atoms with Gasteiger partial charge in [-0.15, -0.1) is 0 Å². The van der Waals surface area contributed by atoms with E-state index in [2.05, 4.69) is 40.1 Å². The summed E-state index contributed by atoms with van der Waals surface area (Å²) in [4.78, 5) is 19.3. The SMILES string of the molecule is CN(C)CC(=O)N1CCC2(CC1)C[C@@H](c1ccccc1)CN(C1CC1)C2. The van der Waals surface area contributed by atoms with Gasteiger partial charge >= 0.3 is 0 Å². The summed E-state index contributed by atoms with van der Waals surface area (Å²) in [7, 11) is 3.95. The molecular formula is C22H33N3O. The zero-order valence-electron chi connectivity index (χ0n) is 16.4. The van der Waals surface area contributed by atoms with Gasteiger partial charge in [-0.25, -0.2) is 0 Å². The Hall–Kier alpha value is -1.39. The molecule has 1 aromatic carbocycles. The first-order chi connectivity index (χ1) is 12.5. The molecule has 4 rings (SSSR count). The van der Waals surface area contributed by atoms with Crippen LogP contribution in [0.3, 0.4) is 0 Å². The largest absolute Gasteiger partial charge is 0.342 e. The van der Waals surface area contributed by atoms with Crippen molar-refractivity contribution in [1.82, 2.24) is 14.7 Å². The predicted octanol–water partition coefficient (Wildman–Crippen LogP) is 2.81. The molecule has 3 fully saturated rings. The minimum atomic E-state index is 0.291. The summed E-state index contributed by atoms with van der Waals surface area (Å²) in [6.07, 6.45) is 6.38. The molecule has 0 unspecified atom stereocenters. The van der Waals surface area contributed by atoms with Crippen LogP contribution in [0, 0.1) is 5.41 Å². The number of carbonyl (C=O) groups excluding carboxylic acids is 1. The van der Waals surface area contributed by atoms with Crippen molar-refractivity contribution in [2.24, 2.45) is 5.41 Å². The van der Waals surface area contributed by atoms with Crippen LogP contribution in [0.5, 0.6) is 0 Å². The zero-order valence-corrected chi connectivity index (χ0v) is 16.4. The van der Waals surface area contributed by atoms with Crippen molar-refractivity contribution < 1.29 is 4.79 Å². The standard InChI is InChI=1S/C22H33N3O/c1-23(2)16-21(26)24-12-10-22(11-13-24)14-19(18-6-4-3-5-7-18)15-25(17-22)20-8-9-20/h3-7,19-20H,8-17H2,1-2H3/t19-/m1/s1. The molecule has 26 heavy (non-hydrogen) atoms. The number of hydrogen-bond acceptors (Lipinski definition) is 3. The monoisotopic (exact) mass is 355 g/mol. The van der Waals surface area contributed by atoms with Gasteiger partial charge in [-0.3, -0.25) is 9.69 Å². The van der Waals surface area contributed by atoms with Crippen LogP contribution in [0.4, 0.5) is 0 Å². The first-order valence-corrected chi connectivity index (χ1v) is 10.3. The molecule has 0 bridgehead atoms. The van der Waals surface area contributed by atoms with Crippen LogP contribution in [-0.2, 0) is 4.79 Å². The average Bonchev–Trinajstić information content (AvgIpc) is 3.47. The van der Waals surface area contributed by atoms with Gasteiger partial charge in [0.25, 0.3) is 0 Å². The van der Waals surface area contributed by atoms with E-state index in [1.165, 1.54) is 50.8 Å². The molecule has 1 aromatic rings. The van der Waals surface area contributed by atoms with Crippen LogP contribution >= 0.6 is 0 Å². The van der Waals surface area contributed by atoms with Crippen LogP contribution in [0.25, 0.3) is 0 Å². The molecule has 2 aliphatic heterocycles. The van der Waals surface area contributed by atoms with Gasteiger partial charge < -0.3 is 9.80 Å². The maximum Gasteiger partial charge on any atom is 0.236 e. The summed E-state index contributed by atoms with van der Waals surface area (Å²) in [5.74, 6) is 0.939. The molecule has 1 atom stereocenters. The Labute approximate surface area is 158 Å². The van der Waals surface area contributed by atoms with Gasteiger partial charge in [-0.2, -0.15) is 0 Å². The summed E-state index contributed by atoms with van der Waals surface area (Å²) < 4.78 is 0. The number of carbonyl (C=O) groups is 1. The normalized spacial score (nSPS) is 26.4. The van der Waals surface area contributed by atoms with Crippen molar-refractivity contribution >= 4 is 5.91 Å². The fourth-order valence-electron chi connectivity index (χ4n) is 5.06. The topological polar surface area (TPSA) is 26.8 Å². The molecule has 0 aromatic heterocycles. The lowest BCUT2D eigenvalue weighted by Gasteiger charge is -2.50. The van der Waals surface area contributed by atoms with Crippen LogP contribution in [0.1, 0.15) is 43.6 Å². The first kappa shape index (κ1) is 18.0. The number of amides is 1. The van der Waals surface area contributed by atoms with Crippen LogP contribution in [-0.4, -0.2) is 73.5 Å². The van der Waals surface area contributed by atoms with E-state index in [-0.39, 0.29) is 0 Å². The molecule has 142 valence electrons. The highest BCUT2D eigenvalue weighted by atomic mass is 16.2. The Morgan fingerprint density at radius 1 is 1.15 bits per heavy atom. The van der Waals surface area contributed by atoms with Crippen LogP contribution in [0.15, 0.2) is 30.3 Å². The van der Waals surface area contributed by atoms with E-state index in [0.29, 0.717) is 23.8 Å². The minimum absolute atomic E-state index is 0.291. The summed E-state index contributed by atoms with van der Waals surface area (Å²) in [5, 5.41) is 0. The van der Waals surface area contributed by atoms with Gasteiger partial charge in [0.2, 0.25) is 5.91 Å². The average molecular weight is 356 g/mol. The van der Waals surface area contributed by atoms with Crippen LogP contribution in [0.2, 0.25) is 0 Å². The Bertz CT molecular complexity index is 618. The summed E-state index contributed by atoms with van der Waals surface area (Å²) in [6.45, 7) is 4.88. The lowest BCUT2D eigenvalue weighted by molar-refractivity contribution is -0.135. The number of nitrogens with zero attached hydrogens (tertiary/aromatic N) is 3. The summed E-state index contributed by atoms with van der Waals surface area (Å²) in [5.41, 5.74) is 1.90. The van der Waals surface area contributed by atoms with E-state index in [1.807, 2.05) is 19.0 Å². The minimum Gasteiger partial charge on any atom is -0.342 e. The lowest BCUT2D eigenvalue weighted by Crippen LogP contribution is -2.53. The second-order valence-corrected chi connectivity index (χ2v) is 9.09. The lowest BCUT2D eigenvalue weighted by atomic mass is 9.68. The maximum atomic E-state index is 12.4. The van der Waals surface area contributed by atoms with E-state index in [4.69, 9.17) is 0 Å². The first-order valence-electron chi connectivity index (χ1n) is 10.3. The highest BCUT2D eigenvalue weighted by molar-refractivity contribution is 5.78. The molecule has 1 aliphatic carbocycles. The predicted molar refractivity (Wildman–Crippen MR) is 105 cm³/mol. The number of benzene rings is 1. The molecule has 2 heterocycles. The quantitative estimate of drug-likeness (QED) is 0.831. The fraction of sp³-hybridized carbons (Fsp3) is 0.682. The Kier molecular flexibility index (Phi) is 5.07. The molecule has 4 heteroatoms. The third-order valence-corrected chi connectivity index (χ3v) is 6.64. The number of hydrogen-bond donors (Lipinski definition) is 0. The highest BCUT2D eigenvalue weighted by Crippen LogP contribution is 2.47. The van der Waals surface area contributed by atoms with Crippen LogP contribution < -0.4 is 0 Å². The van der Waals surface area contributed by atoms with E-state index >= 15 is 0 Å². The maximum absolute atomic E-state index is 12.4. The second kappa shape index (κ2) is 7.32. The third kappa shape index (κ3) is 3.96. The fourth-order valence-corrected chi connectivity index (χ4v) is 5.06. The Morgan fingerprint density at radius 3 is 2.46 bits per heavy atom. The summed E-state index contributed by atoms with van der Waals surface area (Å²) in [6, 6.07) is 11.9. The number of piperidine rings is 2. The van der Waals surface area contributed by atoms with Gasteiger partial charge in [0, 0.05) is 32.2 Å². The van der Waals surface area contributed by atoms with Gasteiger partial charge in [0.05, 0.1) is 6.54 Å².